The number of carboxylic acid groups (broad SMARTS) is 1. The third-order valence-electron chi connectivity index (χ3n) is 2.74. The topological polar surface area (TPSA) is 66.6 Å². The number of hydrogen-bond donors (Lipinski definition) is 1. The van der Waals surface area contributed by atoms with Gasteiger partial charge in [-0.25, -0.2) is 4.79 Å². The van der Waals surface area contributed by atoms with Crippen molar-refractivity contribution in [2.24, 2.45) is 0 Å². The lowest BCUT2D eigenvalue weighted by atomic mass is 10.2. The molecule has 0 saturated carbocycles. The Kier molecular flexibility index (Phi) is 3.85. The fourth-order valence-electron chi connectivity index (χ4n) is 1.87. The molecule has 1 heterocycles. The average molecular weight is 260 g/mol. The van der Waals surface area contributed by atoms with E-state index >= 15 is 0 Å². The van der Waals surface area contributed by atoms with Gasteiger partial charge in [0, 0.05) is 13.1 Å². The molecule has 0 atom stereocenters. The number of carboxylic acids is 1. The molecule has 5 nitrogen and oxygen atoms in total. The number of carbonyl (C=O) groups is 1. The van der Waals surface area contributed by atoms with Crippen molar-refractivity contribution in [3.05, 3.63) is 36.4 Å². The number of hydrogen-bond acceptors (Lipinski definition) is 4. The molecule has 0 amide bonds. The third kappa shape index (κ3) is 2.76. The summed E-state index contributed by atoms with van der Waals surface area (Å²) in [6, 6.07) is 5.17. The molecule has 0 saturated heterocycles. The van der Waals surface area contributed by atoms with Gasteiger partial charge in [-0.15, -0.1) is 6.58 Å². The molecule has 0 bridgehead atoms. The summed E-state index contributed by atoms with van der Waals surface area (Å²) in [5.74, 6) is -0.976. The maximum atomic E-state index is 10.9. The second-order valence-electron chi connectivity index (χ2n) is 4.22. The Morgan fingerprint density at radius 1 is 1.58 bits per heavy atom. The van der Waals surface area contributed by atoms with E-state index in [0.29, 0.717) is 23.7 Å². The molecule has 0 unspecified atom stereocenters. The summed E-state index contributed by atoms with van der Waals surface area (Å²) in [6.07, 6.45) is 2.75. The maximum absolute atomic E-state index is 10.9. The molecule has 1 N–H and O–H groups in total. The Bertz CT molecular complexity index is 604. The van der Waals surface area contributed by atoms with Crippen LogP contribution < -0.4 is 4.90 Å². The molecular weight excluding hydrogens is 244 g/mol. The van der Waals surface area contributed by atoms with Crippen LogP contribution in [0.3, 0.4) is 0 Å². The van der Waals surface area contributed by atoms with E-state index in [9.17, 15) is 4.79 Å². The van der Waals surface area contributed by atoms with Crippen molar-refractivity contribution in [1.29, 1.82) is 0 Å². The number of benzene rings is 1. The Labute approximate surface area is 111 Å². The number of rotatable bonds is 6. The standard InChI is InChI=1S/C14H16N2O3/c1-3-7-16(8-4-2)14-15-11-6-5-10(13(17)18)9-12(11)19-14/h3,5-6,9H,1,4,7-8H2,2H3,(H,17,18). The van der Waals surface area contributed by atoms with Gasteiger partial charge in [-0.05, 0) is 24.6 Å². The SMILES string of the molecule is C=CCN(CCC)c1nc2ccc(C(=O)O)cc2o1. The first kappa shape index (κ1) is 13.1. The highest BCUT2D eigenvalue weighted by Crippen LogP contribution is 2.23. The van der Waals surface area contributed by atoms with Gasteiger partial charge >= 0.3 is 5.97 Å². The Balaban J connectivity index is 2.39. The van der Waals surface area contributed by atoms with Crippen molar-refractivity contribution in [2.45, 2.75) is 13.3 Å². The number of anilines is 1. The summed E-state index contributed by atoms with van der Waals surface area (Å²) < 4.78 is 5.63. The van der Waals surface area contributed by atoms with E-state index in [2.05, 4.69) is 18.5 Å². The lowest BCUT2D eigenvalue weighted by Gasteiger charge is -2.17. The zero-order valence-electron chi connectivity index (χ0n) is 10.8. The fourth-order valence-corrected chi connectivity index (χ4v) is 1.87. The molecule has 19 heavy (non-hydrogen) atoms. The van der Waals surface area contributed by atoms with E-state index in [1.165, 1.54) is 12.1 Å². The zero-order chi connectivity index (χ0) is 13.8. The molecule has 5 heteroatoms. The highest BCUT2D eigenvalue weighted by molar-refractivity contribution is 5.92. The number of nitrogens with zero attached hydrogens (tertiary/aromatic N) is 2. The van der Waals surface area contributed by atoms with Crippen LogP contribution in [0.5, 0.6) is 0 Å². The number of aromatic nitrogens is 1. The van der Waals surface area contributed by atoms with Crippen LogP contribution in [0.1, 0.15) is 23.7 Å². The maximum Gasteiger partial charge on any atom is 0.335 e. The van der Waals surface area contributed by atoms with Crippen LogP contribution in [0.4, 0.5) is 6.01 Å². The van der Waals surface area contributed by atoms with Crippen LogP contribution in [0, 0.1) is 0 Å². The minimum Gasteiger partial charge on any atom is -0.478 e. The predicted octanol–water partition coefficient (Wildman–Crippen LogP) is 2.93. The van der Waals surface area contributed by atoms with Gasteiger partial charge in [-0.1, -0.05) is 13.0 Å². The van der Waals surface area contributed by atoms with Gasteiger partial charge in [-0.3, -0.25) is 0 Å². The Morgan fingerprint density at radius 2 is 2.37 bits per heavy atom. The summed E-state index contributed by atoms with van der Waals surface area (Å²) in [5, 5.41) is 8.94. The van der Waals surface area contributed by atoms with Crippen LogP contribution in [0.15, 0.2) is 35.3 Å². The fraction of sp³-hybridized carbons (Fsp3) is 0.286. The molecule has 0 spiro atoms. The first-order chi connectivity index (χ1) is 9.15. The molecule has 0 fully saturated rings. The van der Waals surface area contributed by atoms with Crippen molar-refractivity contribution < 1.29 is 14.3 Å². The van der Waals surface area contributed by atoms with E-state index in [4.69, 9.17) is 9.52 Å². The normalized spacial score (nSPS) is 10.6. The van der Waals surface area contributed by atoms with Gasteiger partial charge in [0.2, 0.25) is 0 Å². The number of oxazole rings is 1. The minimum atomic E-state index is -0.976. The Hall–Kier alpha value is -2.30. The summed E-state index contributed by atoms with van der Waals surface area (Å²) in [4.78, 5) is 17.2. The lowest BCUT2D eigenvalue weighted by molar-refractivity contribution is 0.0697. The quantitative estimate of drug-likeness (QED) is 0.809. The molecule has 0 aliphatic carbocycles. The van der Waals surface area contributed by atoms with E-state index in [0.717, 1.165) is 13.0 Å². The van der Waals surface area contributed by atoms with Crippen LogP contribution in [-0.2, 0) is 0 Å². The second-order valence-corrected chi connectivity index (χ2v) is 4.22. The van der Waals surface area contributed by atoms with Crippen LogP contribution >= 0.6 is 0 Å². The molecule has 1 aromatic carbocycles. The van der Waals surface area contributed by atoms with Crippen LogP contribution in [-0.4, -0.2) is 29.1 Å². The molecule has 100 valence electrons. The van der Waals surface area contributed by atoms with Gasteiger partial charge in [-0.2, -0.15) is 4.98 Å². The van der Waals surface area contributed by atoms with Crippen molar-refractivity contribution in [3.63, 3.8) is 0 Å². The smallest absolute Gasteiger partial charge is 0.335 e. The molecule has 1 aromatic heterocycles. The monoisotopic (exact) mass is 260 g/mol. The van der Waals surface area contributed by atoms with Gasteiger partial charge in [0.15, 0.2) is 5.58 Å². The molecule has 2 aromatic rings. The summed E-state index contributed by atoms with van der Waals surface area (Å²) in [6.45, 7) is 7.24. The molecular formula is C14H16N2O3. The van der Waals surface area contributed by atoms with Gasteiger partial charge < -0.3 is 14.4 Å². The number of aromatic carboxylic acids is 1. The Morgan fingerprint density at radius 3 is 3.00 bits per heavy atom. The number of fused-ring (bicyclic) bond motifs is 1. The molecule has 0 aliphatic heterocycles. The van der Waals surface area contributed by atoms with E-state index in [-0.39, 0.29) is 5.56 Å². The van der Waals surface area contributed by atoms with Crippen LogP contribution in [0.2, 0.25) is 0 Å². The van der Waals surface area contributed by atoms with Crippen LogP contribution in [0.25, 0.3) is 11.1 Å². The molecule has 2 rings (SSSR count). The lowest BCUT2D eigenvalue weighted by Crippen LogP contribution is -2.24. The third-order valence-corrected chi connectivity index (χ3v) is 2.74. The largest absolute Gasteiger partial charge is 0.478 e. The van der Waals surface area contributed by atoms with Gasteiger partial charge in [0.1, 0.15) is 5.52 Å². The summed E-state index contributed by atoms with van der Waals surface area (Å²) >= 11 is 0. The second kappa shape index (κ2) is 5.56. The predicted molar refractivity (Wildman–Crippen MR) is 73.7 cm³/mol. The summed E-state index contributed by atoms with van der Waals surface area (Å²) in [5.41, 5.74) is 1.34. The first-order valence-corrected chi connectivity index (χ1v) is 6.15. The van der Waals surface area contributed by atoms with Crippen molar-refractivity contribution in [2.75, 3.05) is 18.0 Å². The van der Waals surface area contributed by atoms with E-state index in [1.807, 2.05) is 4.90 Å². The highest BCUT2D eigenvalue weighted by atomic mass is 16.4. The van der Waals surface area contributed by atoms with Crippen molar-refractivity contribution >= 4 is 23.1 Å². The molecule has 0 aliphatic rings. The van der Waals surface area contributed by atoms with Gasteiger partial charge in [0.25, 0.3) is 6.01 Å². The first-order valence-electron chi connectivity index (χ1n) is 6.15. The highest BCUT2D eigenvalue weighted by Gasteiger charge is 2.13. The minimum absolute atomic E-state index is 0.195. The van der Waals surface area contributed by atoms with E-state index < -0.39 is 5.97 Å². The summed E-state index contributed by atoms with van der Waals surface area (Å²) in [7, 11) is 0. The van der Waals surface area contributed by atoms with Gasteiger partial charge in [0.05, 0.1) is 5.56 Å². The zero-order valence-corrected chi connectivity index (χ0v) is 10.8. The van der Waals surface area contributed by atoms with Crippen molar-refractivity contribution in [3.8, 4) is 0 Å². The average Bonchev–Trinajstić information content (AvgIpc) is 2.80. The van der Waals surface area contributed by atoms with E-state index in [1.54, 1.807) is 12.1 Å². The molecule has 0 radical (unpaired) electrons. The van der Waals surface area contributed by atoms with Crippen molar-refractivity contribution in [1.82, 2.24) is 4.98 Å².